The van der Waals surface area contributed by atoms with E-state index in [1.54, 1.807) is 36.4 Å². The number of aromatic hydroxyl groups is 1. The Morgan fingerprint density at radius 3 is 2.62 bits per heavy atom. The second-order valence-corrected chi connectivity index (χ2v) is 14.1. The Morgan fingerprint density at radius 1 is 0.980 bits per heavy atom. The zero-order valence-electron chi connectivity index (χ0n) is 27.4. The lowest BCUT2D eigenvalue weighted by molar-refractivity contribution is 0.107. The third-order valence-corrected chi connectivity index (χ3v) is 10.9. The third kappa shape index (κ3) is 5.25. The number of nitriles is 1. The number of fused-ring (bicyclic) bond motifs is 5. The van der Waals surface area contributed by atoms with E-state index < -0.39 is 17.5 Å². The highest BCUT2D eigenvalue weighted by Gasteiger charge is 2.49. The monoisotopic (exact) mass is 674 g/mol. The highest BCUT2D eigenvalue weighted by molar-refractivity contribution is 6.03. The minimum absolute atomic E-state index is 0.0339. The van der Waals surface area contributed by atoms with Gasteiger partial charge in [-0.2, -0.15) is 15.2 Å². The fourth-order valence-corrected chi connectivity index (χ4v) is 8.69. The first-order valence-electron chi connectivity index (χ1n) is 17.3. The minimum atomic E-state index is -0.912. The summed E-state index contributed by atoms with van der Waals surface area (Å²) in [4.78, 5) is 14.0. The van der Waals surface area contributed by atoms with Crippen LogP contribution < -0.4 is 19.7 Å². The van der Waals surface area contributed by atoms with E-state index in [1.807, 2.05) is 24.3 Å². The number of aromatic nitrogens is 2. The number of phenols is 1. The van der Waals surface area contributed by atoms with E-state index in [4.69, 9.17) is 19.4 Å². The molecule has 1 aromatic heterocycles. The number of piperazine rings is 1. The van der Waals surface area contributed by atoms with Crippen molar-refractivity contribution in [2.75, 3.05) is 37.7 Å². The van der Waals surface area contributed by atoms with Crippen LogP contribution in [-0.4, -0.2) is 76.6 Å². The molecule has 0 radical (unpaired) electrons. The largest absolute Gasteiger partial charge is 0.508 e. The molecule has 2 N–H and O–H groups in total. The average Bonchev–Trinajstić information content (AvgIpc) is 3.77. The van der Waals surface area contributed by atoms with Gasteiger partial charge < -0.3 is 24.8 Å². The molecule has 2 bridgehead atoms. The van der Waals surface area contributed by atoms with E-state index in [-0.39, 0.29) is 53.0 Å². The molecule has 5 heterocycles. The first-order chi connectivity index (χ1) is 24.4. The van der Waals surface area contributed by atoms with Gasteiger partial charge >= 0.3 is 6.01 Å². The van der Waals surface area contributed by atoms with Gasteiger partial charge in [0.2, 0.25) is 0 Å². The average molecular weight is 675 g/mol. The number of para-hydroxylation sites is 1. The molecular formula is C39H36F2N6O3. The molecule has 4 aliphatic rings. The van der Waals surface area contributed by atoms with Crippen molar-refractivity contribution < 1.29 is 23.4 Å². The van der Waals surface area contributed by atoms with Crippen LogP contribution in [0.15, 0.2) is 66.7 Å². The molecule has 4 saturated heterocycles. The SMILES string of the molecule is N#Cc1ccccc1Oc1cc2c(N3C[C@H]4CC[C@@H](C3)N4)nc(OC[C@@]34CCCN3C[C@H](F)C4)nc2c(F)c1-c1cc(O)cc2ccccc12. The van der Waals surface area contributed by atoms with Gasteiger partial charge in [-0.05, 0) is 78.9 Å². The van der Waals surface area contributed by atoms with Crippen molar-refractivity contribution in [2.24, 2.45) is 0 Å². The van der Waals surface area contributed by atoms with Gasteiger partial charge in [-0.1, -0.05) is 36.4 Å². The van der Waals surface area contributed by atoms with Crippen molar-refractivity contribution in [3.8, 4) is 40.5 Å². The minimum Gasteiger partial charge on any atom is -0.508 e. The number of nitrogens with one attached hydrogen (secondary N) is 1. The van der Waals surface area contributed by atoms with Crippen molar-refractivity contribution >= 4 is 27.5 Å². The first-order valence-corrected chi connectivity index (χ1v) is 17.3. The number of hydrogen-bond donors (Lipinski definition) is 2. The number of halogens is 2. The topological polar surface area (TPSA) is 107 Å². The Balaban J connectivity index is 1.25. The molecule has 4 fully saturated rings. The van der Waals surface area contributed by atoms with Crippen molar-refractivity contribution in [3.05, 3.63) is 78.1 Å². The summed E-state index contributed by atoms with van der Waals surface area (Å²) in [5.74, 6) is 0.257. The Bertz CT molecular complexity index is 2180. The number of hydrogen-bond acceptors (Lipinski definition) is 9. The molecule has 0 amide bonds. The Kier molecular flexibility index (Phi) is 7.48. The number of phenolic OH excluding ortho intramolecular Hbond substituents is 1. The molecule has 4 aromatic carbocycles. The molecule has 9 nitrogen and oxygen atoms in total. The van der Waals surface area contributed by atoms with Crippen molar-refractivity contribution in [3.63, 3.8) is 0 Å². The van der Waals surface area contributed by atoms with E-state index in [2.05, 4.69) is 21.2 Å². The highest BCUT2D eigenvalue weighted by atomic mass is 19.1. The number of benzene rings is 4. The van der Waals surface area contributed by atoms with Crippen LogP contribution in [0, 0.1) is 17.1 Å². The summed E-state index contributed by atoms with van der Waals surface area (Å²) in [5.41, 5.74) is 0.413. The Labute approximate surface area is 288 Å². The molecular weight excluding hydrogens is 638 g/mol. The summed E-state index contributed by atoms with van der Waals surface area (Å²) in [7, 11) is 0. The second kappa shape index (κ2) is 12.1. The third-order valence-electron chi connectivity index (χ3n) is 10.9. The zero-order chi connectivity index (χ0) is 34.0. The van der Waals surface area contributed by atoms with Crippen LogP contribution in [-0.2, 0) is 0 Å². The lowest BCUT2D eigenvalue weighted by Gasteiger charge is -2.35. The van der Waals surface area contributed by atoms with E-state index in [0.717, 1.165) is 37.6 Å². The van der Waals surface area contributed by atoms with Crippen LogP contribution in [0.4, 0.5) is 14.6 Å². The smallest absolute Gasteiger partial charge is 0.319 e. The fourth-order valence-electron chi connectivity index (χ4n) is 8.69. The molecule has 0 aliphatic carbocycles. The van der Waals surface area contributed by atoms with Gasteiger partial charge in [0.1, 0.15) is 47.4 Å². The van der Waals surface area contributed by atoms with E-state index >= 15 is 4.39 Å². The summed E-state index contributed by atoms with van der Waals surface area (Å²) < 4.78 is 45.0. The van der Waals surface area contributed by atoms with Crippen LogP contribution >= 0.6 is 0 Å². The summed E-state index contributed by atoms with van der Waals surface area (Å²) in [6.07, 6.45) is 3.35. The molecule has 0 saturated carbocycles. The predicted octanol–water partition coefficient (Wildman–Crippen LogP) is 6.85. The standard InChI is InChI=1S/C39H36F2N6O3/c40-25-17-39(12-5-13-47(39)19-25)22-49-38-44-36-31(37(45-38)46-20-26-10-11-27(21-46)43-26)16-33(50-32-9-4-2-7-24(32)18-42)34(35(36)41)30-15-28(48)14-23-6-1-3-8-29(23)30/h1-4,6-9,14-16,25-27,43,48H,5,10-13,17,19-22H2/t25-,26-,27+,39+/m1/s1. The second-order valence-electron chi connectivity index (χ2n) is 14.1. The number of anilines is 1. The Hall–Kier alpha value is -5.05. The number of alkyl halides is 1. The van der Waals surface area contributed by atoms with Crippen LogP contribution in [0.3, 0.4) is 0 Å². The van der Waals surface area contributed by atoms with Gasteiger partial charge in [0, 0.05) is 43.5 Å². The fraction of sp³-hybridized carbons (Fsp3) is 0.359. The molecule has 5 aromatic rings. The normalized spacial score (nSPS) is 24.5. The lowest BCUT2D eigenvalue weighted by Crippen LogP contribution is -2.51. The first kappa shape index (κ1) is 31.0. The maximum Gasteiger partial charge on any atom is 0.319 e. The van der Waals surface area contributed by atoms with Crippen LogP contribution in [0.1, 0.15) is 37.7 Å². The van der Waals surface area contributed by atoms with E-state index in [0.29, 0.717) is 53.8 Å². The summed E-state index contributed by atoms with van der Waals surface area (Å²) in [6.45, 7) is 2.78. The molecule has 254 valence electrons. The van der Waals surface area contributed by atoms with Crippen LogP contribution in [0.5, 0.6) is 23.3 Å². The molecule has 4 aliphatic heterocycles. The molecule has 50 heavy (non-hydrogen) atoms. The van der Waals surface area contributed by atoms with Crippen LogP contribution in [0.25, 0.3) is 32.8 Å². The highest BCUT2D eigenvalue weighted by Crippen LogP contribution is 2.46. The van der Waals surface area contributed by atoms with E-state index in [9.17, 15) is 14.8 Å². The van der Waals surface area contributed by atoms with Gasteiger partial charge in [0.25, 0.3) is 0 Å². The van der Waals surface area contributed by atoms with Crippen molar-refractivity contribution in [1.29, 1.82) is 5.26 Å². The molecule has 0 unspecified atom stereocenters. The summed E-state index contributed by atoms with van der Waals surface area (Å²) in [5, 5.41) is 26.2. The summed E-state index contributed by atoms with van der Waals surface area (Å²) >= 11 is 0. The maximum absolute atomic E-state index is 17.6. The lowest BCUT2D eigenvalue weighted by atomic mass is 9.95. The van der Waals surface area contributed by atoms with Gasteiger partial charge in [0.05, 0.1) is 16.7 Å². The molecule has 0 spiro atoms. The zero-order valence-corrected chi connectivity index (χ0v) is 27.4. The maximum atomic E-state index is 17.6. The van der Waals surface area contributed by atoms with Crippen LogP contribution in [0.2, 0.25) is 0 Å². The van der Waals surface area contributed by atoms with Gasteiger partial charge in [-0.15, -0.1) is 0 Å². The number of rotatable bonds is 7. The van der Waals surface area contributed by atoms with Crippen molar-refractivity contribution in [2.45, 2.75) is 55.9 Å². The Morgan fingerprint density at radius 2 is 1.78 bits per heavy atom. The number of ether oxygens (including phenoxy) is 2. The predicted molar refractivity (Wildman–Crippen MR) is 186 cm³/mol. The molecule has 11 heteroatoms. The quantitative estimate of drug-likeness (QED) is 0.192. The van der Waals surface area contributed by atoms with Crippen molar-refractivity contribution in [1.82, 2.24) is 20.2 Å². The summed E-state index contributed by atoms with van der Waals surface area (Å²) in [6, 6.07) is 21.9. The number of nitrogens with zero attached hydrogens (tertiary/aromatic N) is 5. The molecule has 9 rings (SSSR count). The van der Waals surface area contributed by atoms with Gasteiger partial charge in [-0.3, -0.25) is 4.90 Å². The van der Waals surface area contributed by atoms with Gasteiger partial charge in [0.15, 0.2) is 5.82 Å². The van der Waals surface area contributed by atoms with E-state index in [1.165, 1.54) is 6.07 Å². The molecule has 4 atom stereocenters. The van der Waals surface area contributed by atoms with Gasteiger partial charge in [-0.25, -0.2) is 8.78 Å².